The van der Waals surface area contributed by atoms with E-state index in [9.17, 15) is 5.11 Å². The number of hydrogen-bond donors (Lipinski definition) is 1. The zero-order valence-corrected chi connectivity index (χ0v) is 10.2. The zero-order chi connectivity index (χ0) is 12.4. The molecular formula is C14H17N3O. The third-order valence-corrected chi connectivity index (χ3v) is 3.73. The van der Waals surface area contributed by atoms with Crippen LogP contribution in [-0.4, -0.2) is 20.1 Å². The van der Waals surface area contributed by atoms with Crippen LogP contribution in [0.15, 0.2) is 36.5 Å². The van der Waals surface area contributed by atoms with E-state index in [-0.39, 0.29) is 0 Å². The maximum absolute atomic E-state index is 10.5. The fraction of sp³-hybridized carbons (Fsp3) is 0.429. The van der Waals surface area contributed by atoms with Gasteiger partial charge < -0.3 is 5.11 Å². The maximum Gasteiger partial charge on any atom is 0.101 e. The van der Waals surface area contributed by atoms with Crippen LogP contribution in [0.2, 0.25) is 0 Å². The minimum Gasteiger partial charge on any atom is -0.386 e. The first-order valence-electron chi connectivity index (χ1n) is 6.50. The van der Waals surface area contributed by atoms with Gasteiger partial charge in [-0.25, -0.2) is 4.68 Å². The molecule has 1 aliphatic rings. The molecular weight excluding hydrogens is 226 g/mol. The summed E-state index contributed by atoms with van der Waals surface area (Å²) < 4.78 is 1.74. The highest BCUT2D eigenvalue weighted by Crippen LogP contribution is 2.35. The molecule has 1 N–H and O–H groups in total. The van der Waals surface area contributed by atoms with Gasteiger partial charge in [-0.3, -0.25) is 0 Å². The van der Waals surface area contributed by atoms with Gasteiger partial charge >= 0.3 is 0 Å². The molecule has 3 rings (SSSR count). The summed E-state index contributed by atoms with van der Waals surface area (Å²) in [5.74, 6) is 0.353. The molecule has 1 unspecified atom stereocenters. The lowest BCUT2D eigenvalue weighted by molar-refractivity contribution is 0.105. The first kappa shape index (κ1) is 11.4. The normalized spacial score (nSPS) is 18.1. The van der Waals surface area contributed by atoms with Crippen LogP contribution < -0.4 is 0 Å². The van der Waals surface area contributed by atoms with E-state index in [0.29, 0.717) is 5.92 Å². The van der Waals surface area contributed by atoms with Gasteiger partial charge in [0.15, 0.2) is 0 Å². The second-order valence-electron chi connectivity index (χ2n) is 4.90. The lowest BCUT2D eigenvalue weighted by Crippen LogP contribution is -2.14. The summed E-state index contributed by atoms with van der Waals surface area (Å²) in [6, 6.07) is 9.83. The lowest BCUT2D eigenvalue weighted by Gasteiger charge is -2.18. The van der Waals surface area contributed by atoms with Gasteiger partial charge in [0.2, 0.25) is 0 Å². The summed E-state index contributed by atoms with van der Waals surface area (Å²) in [7, 11) is 0. The second kappa shape index (κ2) is 4.90. The average Bonchev–Trinajstić information content (AvgIpc) is 3.10. The van der Waals surface area contributed by atoms with E-state index >= 15 is 0 Å². The van der Waals surface area contributed by atoms with Crippen LogP contribution in [0.5, 0.6) is 0 Å². The van der Waals surface area contributed by atoms with Crippen molar-refractivity contribution in [2.45, 2.75) is 31.8 Å². The quantitative estimate of drug-likeness (QED) is 0.901. The molecule has 0 spiro atoms. The molecule has 0 amide bonds. The van der Waals surface area contributed by atoms with E-state index in [2.05, 4.69) is 10.3 Å². The van der Waals surface area contributed by atoms with Crippen molar-refractivity contribution >= 4 is 0 Å². The van der Waals surface area contributed by atoms with Crippen molar-refractivity contribution < 1.29 is 5.11 Å². The van der Waals surface area contributed by atoms with Gasteiger partial charge in [0, 0.05) is 0 Å². The number of para-hydroxylation sites is 1. The highest BCUT2D eigenvalue weighted by atomic mass is 16.3. The van der Waals surface area contributed by atoms with E-state index in [0.717, 1.165) is 24.2 Å². The van der Waals surface area contributed by atoms with Gasteiger partial charge in [0.05, 0.1) is 17.6 Å². The highest BCUT2D eigenvalue weighted by Gasteiger charge is 2.27. The smallest absolute Gasteiger partial charge is 0.101 e. The molecule has 1 aromatic carbocycles. The van der Waals surface area contributed by atoms with Crippen LogP contribution in [0, 0.1) is 5.92 Å². The fourth-order valence-electron chi connectivity index (χ4n) is 2.73. The molecule has 18 heavy (non-hydrogen) atoms. The molecule has 1 heterocycles. The Kier molecular flexibility index (Phi) is 3.11. The molecule has 1 aliphatic carbocycles. The van der Waals surface area contributed by atoms with Crippen molar-refractivity contribution in [3.63, 3.8) is 0 Å². The van der Waals surface area contributed by atoms with Crippen LogP contribution in [0.1, 0.15) is 37.5 Å². The van der Waals surface area contributed by atoms with Crippen molar-refractivity contribution in [1.29, 1.82) is 0 Å². The average molecular weight is 243 g/mol. The number of rotatable bonds is 3. The molecule has 94 valence electrons. The van der Waals surface area contributed by atoms with E-state index in [1.807, 2.05) is 30.3 Å². The van der Waals surface area contributed by atoms with Crippen molar-refractivity contribution in [2.75, 3.05) is 0 Å². The van der Waals surface area contributed by atoms with E-state index in [1.165, 1.54) is 12.8 Å². The molecule has 1 saturated carbocycles. The number of aliphatic hydroxyl groups is 1. The summed E-state index contributed by atoms with van der Waals surface area (Å²) in [5.41, 5.74) is 1.75. The van der Waals surface area contributed by atoms with E-state index in [1.54, 1.807) is 10.9 Å². The standard InChI is InChI=1S/C14H17N3O/c18-14(11-6-4-5-7-11)13-10-15-16-17(13)12-8-2-1-3-9-12/h1-3,8-11,14,18H,4-7H2. The lowest BCUT2D eigenvalue weighted by atomic mass is 9.98. The SMILES string of the molecule is OC(c1cnnn1-c1ccccc1)C1CCCC1. The number of benzene rings is 1. The Hall–Kier alpha value is -1.68. The number of aromatic nitrogens is 3. The molecule has 2 aromatic rings. The summed E-state index contributed by atoms with van der Waals surface area (Å²) in [6.07, 6.45) is 5.85. The molecule has 0 radical (unpaired) electrons. The third-order valence-electron chi connectivity index (χ3n) is 3.73. The second-order valence-corrected chi connectivity index (χ2v) is 4.90. The zero-order valence-electron chi connectivity index (χ0n) is 10.2. The number of hydrogen-bond acceptors (Lipinski definition) is 3. The van der Waals surface area contributed by atoms with Gasteiger partial charge in [-0.05, 0) is 30.9 Å². The van der Waals surface area contributed by atoms with Crippen molar-refractivity contribution in [3.05, 3.63) is 42.2 Å². The summed E-state index contributed by atoms with van der Waals surface area (Å²) in [6.45, 7) is 0. The molecule has 0 bridgehead atoms. The highest BCUT2D eigenvalue weighted by molar-refractivity contribution is 5.32. The van der Waals surface area contributed by atoms with Crippen molar-refractivity contribution in [3.8, 4) is 5.69 Å². The Morgan fingerprint density at radius 3 is 2.61 bits per heavy atom. The monoisotopic (exact) mass is 243 g/mol. The van der Waals surface area contributed by atoms with E-state index in [4.69, 9.17) is 0 Å². The Labute approximate surface area is 106 Å². The minimum atomic E-state index is -0.456. The number of nitrogens with zero attached hydrogens (tertiary/aromatic N) is 3. The Bertz CT molecular complexity index is 503. The van der Waals surface area contributed by atoms with Crippen LogP contribution in [0.4, 0.5) is 0 Å². The minimum absolute atomic E-state index is 0.353. The topological polar surface area (TPSA) is 50.9 Å². The van der Waals surface area contributed by atoms with Crippen molar-refractivity contribution in [1.82, 2.24) is 15.0 Å². The molecule has 1 fully saturated rings. The molecule has 0 saturated heterocycles. The van der Waals surface area contributed by atoms with Crippen LogP contribution in [0.3, 0.4) is 0 Å². The predicted octanol–water partition coefficient (Wildman–Crippen LogP) is 2.49. The maximum atomic E-state index is 10.5. The largest absolute Gasteiger partial charge is 0.386 e. The molecule has 4 heteroatoms. The Morgan fingerprint density at radius 2 is 1.89 bits per heavy atom. The van der Waals surface area contributed by atoms with Crippen LogP contribution in [0.25, 0.3) is 5.69 Å². The number of aliphatic hydroxyl groups excluding tert-OH is 1. The third kappa shape index (κ3) is 2.04. The first-order chi connectivity index (χ1) is 8.86. The van der Waals surface area contributed by atoms with Gasteiger partial charge in [-0.1, -0.05) is 36.3 Å². The van der Waals surface area contributed by atoms with Gasteiger partial charge in [0.25, 0.3) is 0 Å². The fourth-order valence-corrected chi connectivity index (χ4v) is 2.73. The molecule has 1 atom stereocenters. The predicted molar refractivity (Wildman–Crippen MR) is 68.3 cm³/mol. The van der Waals surface area contributed by atoms with Crippen molar-refractivity contribution in [2.24, 2.45) is 5.92 Å². The van der Waals surface area contributed by atoms with Gasteiger partial charge in [0.1, 0.15) is 6.10 Å². The van der Waals surface area contributed by atoms with E-state index < -0.39 is 6.10 Å². The molecule has 1 aromatic heterocycles. The van der Waals surface area contributed by atoms with Gasteiger partial charge in [-0.15, -0.1) is 5.10 Å². The molecule has 4 nitrogen and oxygen atoms in total. The Balaban J connectivity index is 1.91. The van der Waals surface area contributed by atoms with Gasteiger partial charge in [-0.2, -0.15) is 0 Å². The summed E-state index contributed by atoms with van der Waals surface area (Å²) in [4.78, 5) is 0. The van der Waals surface area contributed by atoms with Crippen LogP contribution in [-0.2, 0) is 0 Å². The Morgan fingerprint density at radius 1 is 1.17 bits per heavy atom. The van der Waals surface area contributed by atoms with Crippen LogP contribution >= 0.6 is 0 Å². The summed E-state index contributed by atoms with van der Waals surface area (Å²) >= 11 is 0. The molecule has 0 aliphatic heterocycles. The first-order valence-corrected chi connectivity index (χ1v) is 6.50. The summed E-state index contributed by atoms with van der Waals surface area (Å²) in [5, 5.41) is 18.5.